The molecule has 3 aliphatic rings. The molecule has 6 rings (SSSR count). The molecular weight excluding hydrogens is 542 g/mol. The van der Waals surface area contributed by atoms with Gasteiger partial charge in [-0.3, -0.25) is 9.62 Å². The molecule has 0 spiro atoms. The summed E-state index contributed by atoms with van der Waals surface area (Å²) in [7, 11) is -7.96. The molecular formula is C26H29N5O6S2. The molecule has 4 heterocycles. The lowest BCUT2D eigenvalue weighted by atomic mass is 9.89. The Hall–Kier alpha value is -3.60. The number of nitriles is 1. The minimum Gasteiger partial charge on any atom is -0.444 e. The molecule has 13 heteroatoms. The Labute approximate surface area is 227 Å². The van der Waals surface area contributed by atoms with Gasteiger partial charge < -0.3 is 9.72 Å². The number of anilines is 1. The predicted octanol–water partition coefficient (Wildman–Crippen LogP) is 3.53. The van der Waals surface area contributed by atoms with E-state index in [1.807, 2.05) is 6.92 Å². The van der Waals surface area contributed by atoms with E-state index in [-0.39, 0.29) is 40.7 Å². The normalized spacial score (nSPS) is 19.8. The van der Waals surface area contributed by atoms with Crippen molar-refractivity contribution < 1.29 is 26.4 Å². The van der Waals surface area contributed by atoms with Gasteiger partial charge in [0.15, 0.2) is 0 Å². The summed E-state index contributed by atoms with van der Waals surface area (Å²) in [6, 6.07) is 9.90. The summed E-state index contributed by atoms with van der Waals surface area (Å²) in [5, 5.41) is 9.98. The summed E-state index contributed by atoms with van der Waals surface area (Å²) in [5.41, 5.74) is 1.35. The number of piperidine rings is 1. The number of aromatic amines is 1. The number of H-pyrrole nitrogens is 1. The molecule has 206 valence electrons. The van der Waals surface area contributed by atoms with Crippen LogP contribution in [0.5, 0.6) is 0 Å². The van der Waals surface area contributed by atoms with Gasteiger partial charge in [-0.1, -0.05) is 6.07 Å². The van der Waals surface area contributed by atoms with Gasteiger partial charge in [-0.2, -0.15) is 9.57 Å². The molecule has 0 saturated carbocycles. The highest BCUT2D eigenvalue weighted by atomic mass is 32.2. The number of nitrogens with one attached hydrogen (secondary N) is 2. The number of rotatable bonds is 5. The third-order valence-corrected chi connectivity index (χ3v) is 10.2. The molecule has 2 aromatic carbocycles. The minimum atomic E-state index is -4.06. The molecule has 2 atom stereocenters. The third-order valence-electron chi connectivity index (χ3n) is 6.94. The number of aryl methyl sites for hydroxylation is 1. The van der Waals surface area contributed by atoms with E-state index in [2.05, 4.69) is 15.8 Å². The standard InChI is InChI=1S/C26H29N5O6S2/c1-16-5-10-22(24-23(16)17(12-27)13-28-24)29-38(33,34)20-6-8-21(9-7-20)39(35,36)30-14-18-11-19(15-30)31(18)25(32)37-26(2,3)4/h5-10,13,18-19,28-29H,11,14-15H2,1-4H3/t18-,19?/m0/s1. The maximum atomic E-state index is 13.3. The van der Waals surface area contributed by atoms with Gasteiger partial charge >= 0.3 is 6.09 Å². The number of sulfonamides is 2. The number of hydrogen-bond donors (Lipinski definition) is 2. The fourth-order valence-corrected chi connectivity index (χ4v) is 7.70. The predicted molar refractivity (Wildman–Crippen MR) is 144 cm³/mol. The van der Waals surface area contributed by atoms with Crippen LogP contribution < -0.4 is 4.72 Å². The summed E-state index contributed by atoms with van der Waals surface area (Å²) < 4.78 is 62.2. The monoisotopic (exact) mass is 571 g/mol. The smallest absolute Gasteiger partial charge is 0.410 e. The van der Waals surface area contributed by atoms with Gasteiger partial charge in [0.05, 0.1) is 38.6 Å². The van der Waals surface area contributed by atoms with E-state index < -0.39 is 31.7 Å². The van der Waals surface area contributed by atoms with E-state index in [0.717, 1.165) is 5.56 Å². The number of carbonyl (C=O) groups excluding carboxylic acids is 1. The van der Waals surface area contributed by atoms with Crippen LogP contribution in [0.1, 0.15) is 38.3 Å². The Morgan fingerprint density at radius 3 is 2.26 bits per heavy atom. The van der Waals surface area contributed by atoms with Crippen LogP contribution in [-0.2, 0) is 24.8 Å². The zero-order valence-electron chi connectivity index (χ0n) is 21.9. The van der Waals surface area contributed by atoms with Crippen molar-refractivity contribution in [3.63, 3.8) is 0 Å². The quantitative estimate of drug-likeness (QED) is 0.475. The highest BCUT2D eigenvalue weighted by Crippen LogP contribution is 2.36. The summed E-state index contributed by atoms with van der Waals surface area (Å²) in [5.74, 6) is 0. The second-order valence-corrected chi connectivity index (χ2v) is 14.4. The molecule has 3 aromatic rings. The summed E-state index contributed by atoms with van der Waals surface area (Å²) in [6.07, 6.45) is 1.78. The number of piperazine rings is 1. The van der Waals surface area contributed by atoms with Gasteiger partial charge in [0.25, 0.3) is 10.0 Å². The largest absolute Gasteiger partial charge is 0.444 e. The molecule has 11 nitrogen and oxygen atoms in total. The highest BCUT2D eigenvalue weighted by molar-refractivity contribution is 7.92. The van der Waals surface area contributed by atoms with Gasteiger partial charge in [0, 0.05) is 24.7 Å². The molecule has 1 unspecified atom stereocenters. The zero-order valence-corrected chi connectivity index (χ0v) is 23.6. The van der Waals surface area contributed by atoms with E-state index in [4.69, 9.17) is 4.74 Å². The maximum absolute atomic E-state index is 13.3. The van der Waals surface area contributed by atoms with E-state index >= 15 is 0 Å². The number of fused-ring (bicyclic) bond motifs is 3. The fraction of sp³-hybridized carbons (Fsp3) is 0.385. The average Bonchev–Trinajstić information content (AvgIpc) is 3.30. The van der Waals surface area contributed by atoms with Crippen LogP contribution >= 0.6 is 0 Å². The molecule has 3 fully saturated rings. The van der Waals surface area contributed by atoms with Crippen LogP contribution in [0.15, 0.2) is 52.4 Å². The fourth-order valence-electron chi connectivity index (χ4n) is 5.12. The third kappa shape index (κ3) is 4.84. The Kier molecular flexibility index (Phi) is 6.40. The van der Waals surface area contributed by atoms with Gasteiger partial charge in [-0.15, -0.1) is 0 Å². The lowest BCUT2D eigenvalue weighted by molar-refractivity contribution is -0.0600. The SMILES string of the molecule is Cc1ccc(NS(=O)(=O)c2ccc(S(=O)(=O)N3CC4C[C@@H](C3)N4C(=O)OC(C)(C)C)cc2)c2[nH]cc(C#N)c12. The van der Waals surface area contributed by atoms with E-state index in [1.54, 1.807) is 37.8 Å². The van der Waals surface area contributed by atoms with Crippen molar-refractivity contribution in [2.75, 3.05) is 17.8 Å². The maximum Gasteiger partial charge on any atom is 0.410 e. The van der Waals surface area contributed by atoms with Crippen molar-refractivity contribution in [1.82, 2.24) is 14.2 Å². The van der Waals surface area contributed by atoms with Crippen molar-refractivity contribution in [2.45, 2.75) is 61.6 Å². The van der Waals surface area contributed by atoms with Crippen molar-refractivity contribution >= 4 is 42.7 Å². The molecule has 2 bridgehead atoms. The van der Waals surface area contributed by atoms with Crippen molar-refractivity contribution in [2.24, 2.45) is 0 Å². The Morgan fingerprint density at radius 1 is 1.05 bits per heavy atom. The lowest BCUT2D eigenvalue weighted by Crippen LogP contribution is -2.71. The average molecular weight is 572 g/mol. The molecule has 0 radical (unpaired) electrons. The number of ether oxygens (including phenoxy) is 1. The highest BCUT2D eigenvalue weighted by Gasteiger charge is 2.51. The summed E-state index contributed by atoms with van der Waals surface area (Å²) in [6.45, 7) is 7.46. The first kappa shape index (κ1) is 27.0. The van der Waals surface area contributed by atoms with E-state index in [1.165, 1.54) is 34.8 Å². The Balaban J connectivity index is 1.32. The number of nitrogens with zero attached hydrogens (tertiary/aromatic N) is 3. The molecule has 3 aliphatic heterocycles. The molecule has 0 aliphatic carbocycles. The first-order valence-electron chi connectivity index (χ1n) is 12.4. The van der Waals surface area contributed by atoms with Crippen LogP contribution in [0.3, 0.4) is 0 Å². The van der Waals surface area contributed by atoms with Crippen LogP contribution in [0, 0.1) is 18.3 Å². The number of benzene rings is 2. The first-order valence-corrected chi connectivity index (χ1v) is 15.3. The number of carbonyl (C=O) groups is 1. The van der Waals surface area contributed by atoms with Crippen molar-refractivity contribution in [3.8, 4) is 6.07 Å². The first-order chi connectivity index (χ1) is 18.2. The second kappa shape index (κ2) is 9.25. The zero-order chi connectivity index (χ0) is 28.3. The van der Waals surface area contributed by atoms with Crippen LogP contribution in [0.2, 0.25) is 0 Å². The number of hydrogen-bond acceptors (Lipinski definition) is 7. The van der Waals surface area contributed by atoms with Crippen LogP contribution in [0.4, 0.5) is 10.5 Å². The molecule has 1 aromatic heterocycles. The van der Waals surface area contributed by atoms with E-state index in [9.17, 15) is 26.9 Å². The molecule has 1 amide bonds. The van der Waals surface area contributed by atoms with Crippen molar-refractivity contribution in [1.29, 1.82) is 5.26 Å². The molecule has 2 N–H and O–H groups in total. The van der Waals surface area contributed by atoms with Gasteiger partial charge in [0.2, 0.25) is 10.0 Å². The van der Waals surface area contributed by atoms with E-state index in [0.29, 0.717) is 22.9 Å². The van der Waals surface area contributed by atoms with Crippen molar-refractivity contribution in [3.05, 3.63) is 53.7 Å². The van der Waals surface area contributed by atoms with Crippen LogP contribution in [-0.4, -0.2) is 67.9 Å². The number of aromatic nitrogens is 1. The van der Waals surface area contributed by atoms with Gasteiger partial charge in [-0.05, 0) is 70.0 Å². The Bertz CT molecular complexity index is 1700. The summed E-state index contributed by atoms with van der Waals surface area (Å²) in [4.78, 5) is 16.9. The lowest BCUT2D eigenvalue weighted by Gasteiger charge is -2.55. The molecule has 39 heavy (non-hydrogen) atoms. The minimum absolute atomic E-state index is 0.0349. The second-order valence-electron chi connectivity index (χ2n) is 10.8. The molecule has 3 saturated heterocycles. The van der Waals surface area contributed by atoms with Gasteiger partial charge in [-0.25, -0.2) is 21.6 Å². The number of amides is 1. The summed E-state index contributed by atoms with van der Waals surface area (Å²) >= 11 is 0. The van der Waals surface area contributed by atoms with Crippen LogP contribution in [0.25, 0.3) is 10.9 Å². The Morgan fingerprint density at radius 2 is 1.67 bits per heavy atom. The van der Waals surface area contributed by atoms with Gasteiger partial charge in [0.1, 0.15) is 11.7 Å². The topological polar surface area (TPSA) is 153 Å².